The van der Waals surface area contributed by atoms with Crippen molar-refractivity contribution in [2.75, 3.05) is 6.54 Å². The fourth-order valence-corrected chi connectivity index (χ4v) is 2.26. The van der Waals surface area contributed by atoms with Gasteiger partial charge in [-0.3, -0.25) is 9.78 Å². The Labute approximate surface area is 113 Å². The van der Waals surface area contributed by atoms with Crippen molar-refractivity contribution in [3.63, 3.8) is 0 Å². The quantitative estimate of drug-likeness (QED) is 0.854. The van der Waals surface area contributed by atoms with E-state index in [9.17, 15) is 4.79 Å². The predicted molar refractivity (Wildman–Crippen MR) is 73.0 cm³/mol. The number of aromatic nitrogens is 1. The van der Waals surface area contributed by atoms with Gasteiger partial charge in [-0.2, -0.15) is 0 Å². The molecule has 104 valence electrons. The molecule has 0 bridgehead atoms. The summed E-state index contributed by atoms with van der Waals surface area (Å²) in [5, 5.41) is 6.41. The zero-order valence-electron chi connectivity index (χ0n) is 11.4. The van der Waals surface area contributed by atoms with Crippen LogP contribution in [0.15, 0.2) is 24.5 Å². The number of nitrogens with one attached hydrogen (secondary N) is 2. The third-order valence-corrected chi connectivity index (χ3v) is 3.29. The van der Waals surface area contributed by atoms with E-state index >= 15 is 0 Å². The molecule has 2 rings (SSSR count). The maximum absolute atomic E-state index is 12.0. The van der Waals surface area contributed by atoms with Gasteiger partial charge in [0, 0.05) is 18.3 Å². The number of ether oxygens (including phenoxy) is 1. The Morgan fingerprint density at radius 1 is 1.63 bits per heavy atom. The molecule has 0 aliphatic carbocycles. The minimum Gasteiger partial charge on any atom is -0.479 e. The molecular formula is C14H21N3O2. The van der Waals surface area contributed by atoms with E-state index in [1.165, 1.54) is 0 Å². The molecule has 5 nitrogen and oxygen atoms in total. The van der Waals surface area contributed by atoms with Crippen LogP contribution in [0.4, 0.5) is 0 Å². The maximum Gasteiger partial charge on any atom is 0.260 e. The number of pyridine rings is 1. The molecule has 1 fully saturated rings. The molecule has 1 aliphatic rings. The standard InChI is InChI=1S/C14H21N3O2/c1-10-8-12(5-7-16-10)17-14(18)11(2)19-13-4-3-6-15-9-13/h3-4,6,9-12,16H,5,7-8H2,1-2H3,(H,17,18). The Morgan fingerprint density at radius 3 is 3.16 bits per heavy atom. The van der Waals surface area contributed by atoms with Gasteiger partial charge in [0.05, 0.1) is 6.20 Å². The molecule has 0 aromatic carbocycles. The van der Waals surface area contributed by atoms with Crippen molar-refractivity contribution >= 4 is 5.91 Å². The summed E-state index contributed by atoms with van der Waals surface area (Å²) in [6, 6.07) is 4.27. The zero-order valence-corrected chi connectivity index (χ0v) is 11.4. The molecule has 2 N–H and O–H groups in total. The highest BCUT2D eigenvalue weighted by Crippen LogP contribution is 2.11. The molecule has 0 spiro atoms. The monoisotopic (exact) mass is 263 g/mol. The van der Waals surface area contributed by atoms with Crippen LogP contribution >= 0.6 is 0 Å². The predicted octanol–water partition coefficient (Wildman–Crippen LogP) is 1.11. The van der Waals surface area contributed by atoms with E-state index in [1.807, 2.05) is 0 Å². The van der Waals surface area contributed by atoms with Crippen LogP contribution in [0.25, 0.3) is 0 Å². The molecule has 3 unspecified atom stereocenters. The van der Waals surface area contributed by atoms with Crippen molar-refractivity contribution in [1.29, 1.82) is 0 Å². The summed E-state index contributed by atoms with van der Waals surface area (Å²) in [7, 11) is 0. The van der Waals surface area contributed by atoms with Crippen LogP contribution in [0.2, 0.25) is 0 Å². The molecular weight excluding hydrogens is 242 g/mol. The Morgan fingerprint density at radius 2 is 2.47 bits per heavy atom. The normalized spacial score (nSPS) is 24.5. The number of rotatable bonds is 4. The SMILES string of the molecule is CC1CC(NC(=O)C(C)Oc2cccnc2)CCN1. The smallest absolute Gasteiger partial charge is 0.260 e. The van der Waals surface area contributed by atoms with E-state index in [0.29, 0.717) is 11.8 Å². The summed E-state index contributed by atoms with van der Waals surface area (Å²) >= 11 is 0. The average Bonchev–Trinajstić information content (AvgIpc) is 2.40. The number of carbonyl (C=O) groups is 1. The molecule has 1 aromatic rings. The van der Waals surface area contributed by atoms with E-state index in [-0.39, 0.29) is 11.9 Å². The van der Waals surface area contributed by atoms with Crippen LogP contribution in [0, 0.1) is 0 Å². The van der Waals surface area contributed by atoms with Crippen LogP contribution in [0.3, 0.4) is 0 Å². The number of nitrogens with zero attached hydrogens (tertiary/aromatic N) is 1. The van der Waals surface area contributed by atoms with Gasteiger partial charge in [-0.05, 0) is 45.4 Å². The van der Waals surface area contributed by atoms with Gasteiger partial charge in [0.1, 0.15) is 5.75 Å². The highest BCUT2D eigenvalue weighted by atomic mass is 16.5. The lowest BCUT2D eigenvalue weighted by Crippen LogP contribution is -2.49. The van der Waals surface area contributed by atoms with Crippen molar-refractivity contribution in [3.05, 3.63) is 24.5 Å². The van der Waals surface area contributed by atoms with E-state index in [2.05, 4.69) is 22.5 Å². The van der Waals surface area contributed by atoms with Crippen LogP contribution in [0.1, 0.15) is 26.7 Å². The van der Waals surface area contributed by atoms with Gasteiger partial charge in [0.15, 0.2) is 6.10 Å². The van der Waals surface area contributed by atoms with E-state index < -0.39 is 6.10 Å². The summed E-state index contributed by atoms with van der Waals surface area (Å²) in [6.07, 6.45) is 4.71. The van der Waals surface area contributed by atoms with Crippen molar-refractivity contribution in [3.8, 4) is 5.75 Å². The first-order valence-corrected chi connectivity index (χ1v) is 6.75. The van der Waals surface area contributed by atoms with Crippen molar-refractivity contribution < 1.29 is 9.53 Å². The third-order valence-electron chi connectivity index (χ3n) is 3.29. The van der Waals surface area contributed by atoms with Gasteiger partial charge in [-0.1, -0.05) is 0 Å². The van der Waals surface area contributed by atoms with Gasteiger partial charge in [-0.15, -0.1) is 0 Å². The van der Waals surface area contributed by atoms with Gasteiger partial charge in [0.25, 0.3) is 5.91 Å². The highest BCUT2D eigenvalue weighted by Gasteiger charge is 2.23. The number of amides is 1. The number of hydrogen-bond donors (Lipinski definition) is 2. The van der Waals surface area contributed by atoms with E-state index in [4.69, 9.17) is 4.74 Å². The topological polar surface area (TPSA) is 63.2 Å². The molecule has 3 atom stereocenters. The molecule has 19 heavy (non-hydrogen) atoms. The minimum atomic E-state index is -0.505. The largest absolute Gasteiger partial charge is 0.479 e. The zero-order chi connectivity index (χ0) is 13.7. The fourth-order valence-electron chi connectivity index (χ4n) is 2.26. The second-order valence-corrected chi connectivity index (χ2v) is 5.03. The van der Waals surface area contributed by atoms with Crippen molar-refractivity contribution in [2.45, 2.75) is 44.9 Å². The van der Waals surface area contributed by atoms with Crippen LogP contribution in [0.5, 0.6) is 5.75 Å². The van der Waals surface area contributed by atoms with Crippen LogP contribution < -0.4 is 15.4 Å². The minimum absolute atomic E-state index is 0.0667. The first kappa shape index (κ1) is 13.8. The summed E-state index contributed by atoms with van der Waals surface area (Å²) < 4.78 is 5.55. The fraction of sp³-hybridized carbons (Fsp3) is 0.571. The molecule has 5 heteroatoms. The Balaban J connectivity index is 1.82. The highest BCUT2D eigenvalue weighted by molar-refractivity contribution is 5.81. The second-order valence-electron chi connectivity index (χ2n) is 5.03. The first-order valence-electron chi connectivity index (χ1n) is 6.75. The third kappa shape index (κ3) is 4.21. The number of hydrogen-bond acceptors (Lipinski definition) is 4. The maximum atomic E-state index is 12.0. The molecule has 1 saturated heterocycles. The van der Waals surface area contributed by atoms with Crippen LogP contribution in [-0.2, 0) is 4.79 Å². The average molecular weight is 263 g/mol. The Hall–Kier alpha value is -1.62. The van der Waals surface area contributed by atoms with Gasteiger partial charge < -0.3 is 15.4 Å². The van der Waals surface area contributed by atoms with Crippen molar-refractivity contribution in [1.82, 2.24) is 15.6 Å². The summed E-state index contributed by atoms with van der Waals surface area (Å²) in [4.78, 5) is 16.0. The molecule has 0 saturated carbocycles. The molecule has 1 amide bonds. The van der Waals surface area contributed by atoms with Crippen LogP contribution in [-0.4, -0.2) is 35.6 Å². The van der Waals surface area contributed by atoms with Crippen molar-refractivity contribution in [2.24, 2.45) is 0 Å². The first-order chi connectivity index (χ1) is 9.15. The summed E-state index contributed by atoms with van der Waals surface area (Å²) in [5.74, 6) is 0.548. The Bertz CT molecular complexity index is 410. The summed E-state index contributed by atoms with van der Waals surface area (Å²) in [6.45, 7) is 4.84. The Kier molecular flexibility index (Phi) is 4.74. The molecule has 1 aliphatic heterocycles. The lowest BCUT2D eigenvalue weighted by atomic mass is 10.0. The van der Waals surface area contributed by atoms with E-state index in [1.54, 1.807) is 31.5 Å². The van der Waals surface area contributed by atoms with E-state index in [0.717, 1.165) is 19.4 Å². The number of carbonyl (C=O) groups excluding carboxylic acids is 1. The second kappa shape index (κ2) is 6.52. The lowest BCUT2D eigenvalue weighted by Gasteiger charge is -2.29. The molecule has 2 heterocycles. The van der Waals surface area contributed by atoms with Gasteiger partial charge in [0.2, 0.25) is 0 Å². The summed E-state index contributed by atoms with van der Waals surface area (Å²) in [5.41, 5.74) is 0. The molecule has 1 aromatic heterocycles. The molecule has 0 radical (unpaired) electrons. The van der Waals surface area contributed by atoms with Gasteiger partial charge >= 0.3 is 0 Å². The number of piperidine rings is 1. The lowest BCUT2D eigenvalue weighted by molar-refractivity contribution is -0.128. The van der Waals surface area contributed by atoms with Gasteiger partial charge in [-0.25, -0.2) is 0 Å².